The average molecular weight is 406 g/mol. The van der Waals surface area contributed by atoms with Crippen LogP contribution in [-0.2, 0) is 4.79 Å². The Balaban J connectivity index is 1.62. The lowest BCUT2D eigenvalue weighted by atomic mass is 10.1. The minimum atomic E-state index is -0.996. The zero-order valence-electron chi connectivity index (χ0n) is 15.9. The molecule has 8 heteroatoms. The van der Waals surface area contributed by atoms with Gasteiger partial charge in [0.15, 0.2) is 11.4 Å². The summed E-state index contributed by atoms with van der Waals surface area (Å²) in [6, 6.07) is 6.78. The Labute approximate surface area is 171 Å². The molecule has 0 N–H and O–H groups in total. The third-order valence-electron chi connectivity index (χ3n) is 5.55. The Morgan fingerprint density at radius 3 is 2.53 bits per heavy atom. The van der Waals surface area contributed by atoms with E-state index in [9.17, 15) is 14.4 Å². The Bertz CT molecular complexity index is 1190. The summed E-state index contributed by atoms with van der Waals surface area (Å²) in [7, 11) is 1.44. The molecule has 1 fully saturated rings. The molecule has 2 heterocycles. The van der Waals surface area contributed by atoms with Gasteiger partial charge in [-0.15, -0.1) is 6.42 Å². The number of terminal acetylenes is 1. The standard InChI is InChI=1S/C22H15FN2O5/c1-3-8-24-17-11-16(15(23)10-18(17)30-22(6-7-22)21(24)28)25-19(26)13-5-4-12(29-2)9-14(13)20(25)27/h1,4-5,9-11H,6-8H2,2H3. The number of ether oxygens (including phenoxy) is 2. The van der Waals surface area contributed by atoms with Crippen molar-refractivity contribution in [2.45, 2.75) is 18.4 Å². The Morgan fingerprint density at radius 2 is 1.87 bits per heavy atom. The zero-order chi connectivity index (χ0) is 21.2. The van der Waals surface area contributed by atoms with E-state index in [0.29, 0.717) is 18.6 Å². The van der Waals surface area contributed by atoms with Gasteiger partial charge in [-0.3, -0.25) is 19.3 Å². The van der Waals surface area contributed by atoms with E-state index in [2.05, 4.69) is 5.92 Å². The number of halogens is 1. The number of anilines is 2. The van der Waals surface area contributed by atoms with Crippen molar-refractivity contribution >= 4 is 29.1 Å². The second kappa shape index (κ2) is 6.07. The van der Waals surface area contributed by atoms with Crippen molar-refractivity contribution in [3.8, 4) is 23.8 Å². The van der Waals surface area contributed by atoms with E-state index in [-0.39, 0.29) is 40.7 Å². The highest BCUT2D eigenvalue weighted by molar-refractivity contribution is 6.34. The van der Waals surface area contributed by atoms with Gasteiger partial charge in [0.1, 0.15) is 11.5 Å². The molecule has 150 valence electrons. The number of nitrogens with zero attached hydrogens (tertiary/aromatic N) is 2. The first kappa shape index (κ1) is 18.2. The molecule has 1 saturated carbocycles. The predicted octanol–water partition coefficient (Wildman–Crippen LogP) is 2.53. The lowest BCUT2D eigenvalue weighted by Crippen LogP contribution is -2.48. The normalized spacial score (nSPS) is 18.1. The molecule has 2 aromatic rings. The molecule has 0 saturated heterocycles. The Hall–Kier alpha value is -3.86. The Morgan fingerprint density at radius 1 is 1.13 bits per heavy atom. The second-order valence-electron chi connectivity index (χ2n) is 7.32. The van der Waals surface area contributed by atoms with Crippen molar-refractivity contribution < 1.29 is 28.2 Å². The molecule has 0 unspecified atom stereocenters. The van der Waals surface area contributed by atoms with Gasteiger partial charge in [-0.25, -0.2) is 9.29 Å². The molecule has 7 nitrogen and oxygen atoms in total. The van der Waals surface area contributed by atoms with E-state index in [0.717, 1.165) is 11.0 Å². The van der Waals surface area contributed by atoms with Crippen molar-refractivity contribution in [2.75, 3.05) is 23.5 Å². The van der Waals surface area contributed by atoms with Gasteiger partial charge in [-0.1, -0.05) is 5.92 Å². The number of hydrogen-bond donors (Lipinski definition) is 0. The maximum absolute atomic E-state index is 15.0. The van der Waals surface area contributed by atoms with E-state index in [1.807, 2.05) is 0 Å². The number of hydrogen-bond acceptors (Lipinski definition) is 5. The van der Waals surface area contributed by atoms with Crippen LogP contribution in [0.2, 0.25) is 0 Å². The third-order valence-corrected chi connectivity index (χ3v) is 5.55. The number of imide groups is 1. The quantitative estimate of drug-likeness (QED) is 0.578. The van der Waals surface area contributed by atoms with Gasteiger partial charge in [0.05, 0.1) is 36.2 Å². The molecule has 2 aromatic carbocycles. The summed E-state index contributed by atoms with van der Waals surface area (Å²) in [5, 5.41) is 0. The Kier molecular flexibility index (Phi) is 3.68. The molecule has 5 rings (SSSR count). The fourth-order valence-corrected chi connectivity index (χ4v) is 3.85. The number of methoxy groups -OCH3 is 1. The van der Waals surface area contributed by atoms with E-state index >= 15 is 4.39 Å². The molecule has 30 heavy (non-hydrogen) atoms. The summed E-state index contributed by atoms with van der Waals surface area (Å²) < 4.78 is 25.9. The molecule has 3 amide bonds. The topological polar surface area (TPSA) is 76.2 Å². The highest BCUT2D eigenvalue weighted by Crippen LogP contribution is 2.50. The molecule has 2 aliphatic heterocycles. The van der Waals surface area contributed by atoms with Crippen LogP contribution in [0.15, 0.2) is 30.3 Å². The van der Waals surface area contributed by atoms with Crippen LogP contribution >= 0.6 is 0 Å². The van der Waals surface area contributed by atoms with Crippen molar-refractivity contribution in [3.05, 3.63) is 47.3 Å². The van der Waals surface area contributed by atoms with Crippen LogP contribution in [0.25, 0.3) is 0 Å². The monoisotopic (exact) mass is 406 g/mol. The number of fused-ring (bicyclic) bond motifs is 2. The lowest BCUT2D eigenvalue weighted by molar-refractivity contribution is -0.128. The van der Waals surface area contributed by atoms with Crippen LogP contribution in [-0.4, -0.2) is 37.0 Å². The summed E-state index contributed by atoms with van der Waals surface area (Å²) in [6.07, 6.45) is 6.46. The fourth-order valence-electron chi connectivity index (χ4n) is 3.85. The first-order chi connectivity index (χ1) is 14.4. The van der Waals surface area contributed by atoms with Gasteiger partial charge < -0.3 is 9.47 Å². The number of carbonyl (C=O) groups is 3. The van der Waals surface area contributed by atoms with Gasteiger partial charge in [0, 0.05) is 18.9 Å². The van der Waals surface area contributed by atoms with Gasteiger partial charge >= 0.3 is 0 Å². The maximum Gasteiger partial charge on any atom is 0.272 e. The number of amides is 3. The molecule has 1 aliphatic carbocycles. The molecule has 0 aromatic heterocycles. The number of benzene rings is 2. The van der Waals surface area contributed by atoms with Gasteiger partial charge in [0.25, 0.3) is 17.7 Å². The summed E-state index contributed by atoms with van der Waals surface area (Å²) in [4.78, 5) is 40.7. The molecular weight excluding hydrogens is 391 g/mol. The van der Waals surface area contributed by atoms with Gasteiger partial charge in [0.2, 0.25) is 0 Å². The largest absolute Gasteiger partial charge is 0.497 e. The van der Waals surface area contributed by atoms with Crippen LogP contribution in [0.5, 0.6) is 11.5 Å². The first-order valence-corrected chi connectivity index (χ1v) is 9.25. The number of rotatable bonds is 3. The highest BCUT2D eigenvalue weighted by Gasteiger charge is 2.58. The minimum absolute atomic E-state index is 0.0403. The average Bonchev–Trinajstić information content (AvgIpc) is 3.47. The van der Waals surface area contributed by atoms with Crippen LogP contribution in [0.1, 0.15) is 33.6 Å². The van der Waals surface area contributed by atoms with E-state index in [1.165, 1.54) is 30.2 Å². The summed E-state index contributed by atoms with van der Waals surface area (Å²) in [6.45, 7) is -0.0403. The SMILES string of the molecule is C#CCN1C(=O)C2(CC2)Oc2cc(F)c(N3C(=O)c4ccc(OC)cc4C3=O)cc21. The maximum atomic E-state index is 15.0. The molecule has 0 atom stereocenters. The van der Waals surface area contributed by atoms with Crippen molar-refractivity contribution in [3.63, 3.8) is 0 Å². The van der Waals surface area contributed by atoms with Crippen LogP contribution in [0.4, 0.5) is 15.8 Å². The van der Waals surface area contributed by atoms with Crippen molar-refractivity contribution in [1.82, 2.24) is 0 Å². The summed E-state index contributed by atoms with van der Waals surface area (Å²) >= 11 is 0. The molecule has 3 aliphatic rings. The fraction of sp³-hybridized carbons (Fsp3) is 0.227. The minimum Gasteiger partial charge on any atom is -0.497 e. The van der Waals surface area contributed by atoms with E-state index in [1.54, 1.807) is 6.07 Å². The van der Waals surface area contributed by atoms with Crippen LogP contribution in [0.3, 0.4) is 0 Å². The summed E-state index contributed by atoms with van der Waals surface area (Å²) in [5.74, 6) is 0.497. The third kappa shape index (κ3) is 2.35. The highest BCUT2D eigenvalue weighted by atomic mass is 19.1. The first-order valence-electron chi connectivity index (χ1n) is 9.25. The van der Waals surface area contributed by atoms with Crippen molar-refractivity contribution in [1.29, 1.82) is 0 Å². The molecule has 0 radical (unpaired) electrons. The zero-order valence-corrected chi connectivity index (χ0v) is 15.9. The van der Waals surface area contributed by atoms with Crippen LogP contribution in [0, 0.1) is 18.2 Å². The van der Waals surface area contributed by atoms with E-state index in [4.69, 9.17) is 15.9 Å². The van der Waals surface area contributed by atoms with Gasteiger partial charge in [-0.05, 0) is 24.3 Å². The van der Waals surface area contributed by atoms with E-state index < -0.39 is 23.2 Å². The number of carbonyl (C=O) groups excluding carboxylic acids is 3. The predicted molar refractivity (Wildman–Crippen MR) is 104 cm³/mol. The lowest BCUT2D eigenvalue weighted by Gasteiger charge is -2.34. The second-order valence-corrected chi connectivity index (χ2v) is 7.32. The van der Waals surface area contributed by atoms with Gasteiger partial charge in [-0.2, -0.15) is 0 Å². The van der Waals surface area contributed by atoms with Crippen LogP contribution < -0.4 is 19.3 Å². The smallest absolute Gasteiger partial charge is 0.272 e. The molecule has 1 spiro atoms. The van der Waals surface area contributed by atoms with Crippen molar-refractivity contribution in [2.24, 2.45) is 0 Å². The molecule has 0 bridgehead atoms. The molecular formula is C22H15FN2O5. The summed E-state index contributed by atoms with van der Waals surface area (Å²) in [5.41, 5.74) is -0.793.